The number of hydrogen-bond donors (Lipinski definition) is 1. The van der Waals surface area contributed by atoms with E-state index < -0.39 is 0 Å². The van der Waals surface area contributed by atoms with E-state index in [1.165, 1.54) is 0 Å². The number of halogens is 1. The standard InChI is InChI=1S/C13H14ClN3O/c1-3-9-7-11(17-13(15)16-9)10-6-8(14)4-5-12(10)18-2/h4-7H,3H2,1-2H3,(H2,15,16,17). The third-order valence-electron chi connectivity index (χ3n) is 2.60. The Morgan fingerprint density at radius 1 is 1.28 bits per heavy atom. The molecule has 5 heteroatoms. The van der Waals surface area contributed by atoms with E-state index in [0.29, 0.717) is 10.8 Å². The van der Waals surface area contributed by atoms with E-state index in [4.69, 9.17) is 22.1 Å². The summed E-state index contributed by atoms with van der Waals surface area (Å²) in [6, 6.07) is 7.28. The van der Waals surface area contributed by atoms with Crippen molar-refractivity contribution in [3.8, 4) is 17.0 Å². The van der Waals surface area contributed by atoms with Crippen molar-refractivity contribution in [3.05, 3.63) is 35.0 Å². The van der Waals surface area contributed by atoms with Crippen molar-refractivity contribution in [3.63, 3.8) is 0 Å². The van der Waals surface area contributed by atoms with Crippen molar-refractivity contribution in [1.29, 1.82) is 0 Å². The molecule has 0 fully saturated rings. The van der Waals surface area contributed by atoms with Crippen LogP contribution in [0.25, 0.3) is 11.3 Å². The predicted octanol–water partition coefficient (Wildman–Crippen LogP) is 2.95. The molecule has 0 saturated heterocycles. The molecule has 2 rings (SSSR count). The average molecular weight is 264 g/mol. The molecule has 0 amide bonds. The number of benzene rings is 1. The summed E-state index contributed by atoms with van der Waals surface area (Å²) in [5.41, 5.74) is 8.13. The molecule has 0 unspecified atom stereocenters. The lowest BCUT2D eigenvalue weighted by Gasteiger charge is -2.09. The van der Waals surface area contributed by atoms with Gasteiger partial charge in [0.1, 0.15) is 5.75 Å². The van der Waals surface area contributed by atoms with Crippen LogP contribution in [0.1, 0.15) is 12.6 Å². The Morgan fingerprint density at radius 2 is 2.06 bits per heavy atom. The maximum absolute atomic E-state index is 6.01. The van der Waals surface area contributed by atoms with Crippen LogP contribution in [0.15, 0.2) is 24.3 Å². The molecule has 0 aliphatic heterocycles. The normalized spacial score (nSPS) is 10.4. The van der Waals surface area contributed by atoms with Gasteiger partial charge in [-0.05, 0) is 30.7 Å². The van der Waals surface area contributed by atoms with E-state index >= 15 is 0 Å². The Labute approximate surface area is 111 Å². The number of rotatable bonds is 3. The minimum absolute atomic E-state index is 0.256. The van der Waals surface area contributed by atoms with Crippen LogP contribution in [0, 0.1) is 0 Å². The van der Waals surface area contributed by atoms with Gasteiger partial charge in [-0.25, -0.2) is 9.97 Å². The molecule has 0 bridgehead atoms. The molecule has 94 valence electrons. The molecule has 0 saturated carbocycles. The number of methoxy groups -OCH3 is 1. The summed E-state index contributed by atoms with van der Waals surface area (Å²) >= 11 is 6.01. The number of nitrogens with zero attached hydrogens (tertiary/aromatic N) is 2. The maximum atomic E-state index is 6.01. The Balaban J connectivity index is 2.60. The smallest absolute Gasteiger partial charge is 0.220 e. The van der Waals surface area contributed by atoms with E-state index in [-0.39, 0.29) is 5.95 Å². The first-order valence-electron chi connectivity index (χ1n) is 5.61. The molecule has 18 heavy (non-hydrogen) atoms. The largest absolute Gasteiger partial charge is 0.496 e. The monoisotopic (exact) mass is 263 g/mol. The zero-order chi connectivity index (χ0) is 13.1. The van der Waals surface area contributed by atoms with Crippen LogP contribution < -0.4 is 10.5 Å². The minimum Gasteiger partial charge on any atom is -0.496 e. The molecule has 2 N–H and O–H groups in total. The summed E-state index contributed by atoms with van der Waals surface area (Å²) < 4.78 is 5.31. The molecule has 0 aliphatic carbocycles. The highest BCUT2D eigenvalue weighted by Crippen LogP contribution is 2.31. The Hall–Kier alpha value is -1.81. The van der Waals surface area contributed by atoms with Crippen molar-refractivity contribution in [2.75, 3.05) is 12.8 Å². The minimum atomic E-state index is 0.256. The number of anilines is 1. The lowest BCUT2D eigenvalue weighted by Crippen LogP contribution is -2.01. The van der Waals surface area contributed by atoms with Crippen molar-refractivity contribution >= 4 is 17.5 Å². The fourth-order valence-electron chi connectivity index (χ4n) is 1.72. The van der Waals surface area contributed by atoms with Gasteiger partial charge in [-0.15, -0.1) is 0 Å². The molecular weight excluding hydrogens is 250 g/mol. The van der Waals surface area contributed by atoms with Crippen molar-refractivity contribution in [1.82, 2.24) is 9.97 Å². The Bertz CT molecular complexity index is 572. The van der Waals surface area contributed by atoms with Crippen LogP contribution in [0.5, 0.6) is 5.75 Å². The third-order valence-corrected chi connectivity index (χ3v) is 2.83. The van der Waals surface area contributed by atoms with Gasteiger partial charge in [0.25, 0.3) is 0 Å². The fourth-order valence-corrected chi connectivity index (χ4v) is 1.89. The maximum Gasteiger partial charge on any atom is 0.220 e. The Morgan fingerprint density at radius 3 is 2.72 bits per heavy atom. The van der Waals surface area contributed by atoms with Crippen molar-refractivity contribution in [2.45, 2.75) is 13.3 Å². The molecule has 4 nitrogen and oxygen atoms in total. The molecule has 1 heterocycles. The highest BCUT2D eigenvalue weighted by molar-refractivity contribution is 6.30. The second-order valence-electron chi connectivity index (χ2n) is 3.80. The summed E-state index contributed by atoms with van der Waals surface area (Å²) in [6.07, 6.45) is 0.794. The van der Waals surface area contributed by atoms with E-state index in [9.17, 15) is 0 Å². The topological polar surface area (TPSA) is 61.0 Å². The summed E-state index contributed by atoms with van der Waals surface area (Å²) in [7, 11) is 1.61. The van der Waals surface area contributed by atoms with Gasteiger partial charge in [0.15, 0.2) is 0 Å². The van der Waals surface area contributed by atoms with Crippen LogP contribution in [0.3, 0.4) is 0 Å². The van der Waals surface area contributed by atoms with E-state index in [0.717, 1.165) is 23.4 Å². The van der Waals surface area contributed by atoms with Crippen LogP contribution >= 0.6 is 11.6 Å². The molecule has 1 aromatic heterocycles. The number of ether oxygens (including phenoxy) is 1. The van der Waals surface area contributed by atoms with Crippen LogP contribution in [-0.4, -0.2) is 17.1 Å². The van der Waals surface area contributed by atoms with Crippen LogP contribution in [0.4, 0.5) is 5.95 Å². The lowest BCUT2D eigenvalue weighted by molar-refractivity contribution is 0.416. The zero-order valence-electron chi connectivity index (χ0n) is 10.3. The third kappa shape index (κ3) is 2.54. The molecule has 0 aliphatic rings. The summed E-state index contributed by atoms with van der Waals surface area (Å²) in [5, 5.41) is 0.626. The van der Waals surface area contributed by atoms with Gasteiger partial charge in [0.2, 0.25) is 5.95 Å². The molecule has 2 aromatic rings. The van der Waals surface area contributed by atoms with E-state index in [1.807, 2.05) is 25.1 Å². The number of nitrogen functional groups attached to an aromatic ring is 1. The number of nitrogens with two attached hydrogens (primary N) is 1. The number of hydrogen-bond acceptors (Lipinski definition) is 4. The molecule has 0 spiro atoms. The molecular formula is C13H14ClN3O. The number of aromatic nitrogens is 2. The zero-order valence-corrected chi connectivity index (χ0v) is 11.0. The highest BCUT2D eigenvalue weighted by atomic mass is 35.5. The summed E-state index contributed by atoms with van der Waals surface area (Å²) in [5.74, 6) is 0.964. The van der Waals surface area contributed by atoms with Gasteiger partial charge in [-0.3, -0.25) is 0 Å². The van der Waals surface area contributed by atoms with E-state index in [2.05, 4.69) is 9.97 Å². The predicted molar refractivity (Wildman–Crippen MR) is 72.8 cm³/mol. The van der Waals surface area contributed by atoms with Gasteiger partial charge < -0.3 is 10.5 Å². The van der Waals surface area contributed by atoms with E-state index in [1.54, 1.807) is 13.2 Å². The van der Waals surface area contributed by atoms with Crippen molar-refractivity contribution < 1.29 is 4.74 Å². The second-order valence-corrected chi connectivity index (χ2v) is 4.24. The summed E-state index contributed by atoms with van der Waals surface area (Å²) in [4.78, 5) is 8.38. The first-order valence-corrected chi connectivity index (χ1v) is 5.99. The van der Waals surface area contributed by atoms with Gasteiger partial charge in [-0.1, -0.05) is 18.5 Å². The van der Waals surface area contributed by atoms with Gasteiger partial charge >= 0.3 is 0 Å². The Kier molecular flexibility index (Phi) is 3.67. The molecule has 0 radical (unpaired) electrons. The van der Waals surface area contributed by atoms with Crippen LogP contribution in [-0.2, 0) is 6.42 Å². The second kappa shape index (κ2) is 5.23. The van der Waals surface area contributed by atoms with Crippen LogP contribution in [0.2, 0.25) is 5.02 Å². The van der Waals surface area contributed by atoms with Gasteiger partial charge in [-0.2, -0.15) is 0 Å². The molecule has 1 aromatic carbocycles. The van der Waals surface area contributed by atoms with Crippen molar-refractivity contribution in [2.24, 2.45) is 0 Å². The first-order chi connectivity index (χ1) is 8.63. The molecule has 0 atom stereocenters. The number of aryl methyl sites for hydroxylation is 1. The van der Waals surface area contributed by atoms with Gasteiger partial charge in [0, 0.05) is 16.3 Å². The first kappa shape index (κ1) is 12.6. The average Bonchev–Trinajstić information content (AvgIpc) is 2.38. The fraction of sp³-hybridized carbons (Fsp3) is 0.231. The van der Waals surface area contributed by atoms with Gasteiger partial charge in [0.05, 0.1) is 12.8 Å². The lowest BCUT2D eigenvalue weighted by atomic mass is 10.1. The SMILES string of the molecule is CCc1cc(-c2cc(Cl)ccc2OC)nc(N)n1. The quantitative estimate of drug-likeness (QED) is 0.925. The summed E-state index contributed by atoms with van der Waals surface area (Å²) in [6.45, 7) is 2.01. The highest BCUT2D eigenvalue weighted by Gasteiger charge is 2.10.